The van der Waals surface area contributed by atoms with Gasteiger partial charge in [0.1, 0.15) is 0 Å². The summed E-state index contributed by atoms with van der Waals surface area (Å²) >= 11 is 5.83. The summed E-state index contributed by atoms with van der Waals surface area (Å²) in [7, 11) is 0. The van der Waals surface area contributed by atoms with E-state index in [1.165, 1.54) is 0 Å². The highest BCUT2D eigenvalue weighted by Crippen LogP contribution is 2.18. The third kappa shape index (κ3) is 4.73. The second-order valence-corrected chi connectivity index (χ2v) is 8.17. The predicted octanol–water partition coefficient (Wildman–Crippen LogP) is 1.19. The van der Waals surface area contributed by atoms with Gasteiger partial charge in [-0.1, -0.05) is 11.6 Å². The largest absolute Gasteiger partial charge is 0.379 e. The topological polar surface area (TPSA) is 122 Å². The van der Waals surface area contributed by atoms with Crippen LogP contribution in [0.5, 0.6) is 0 Å². The lowest BCUT2D eigenvalue weighted by Gasteiger charge is -2.34. The van der Waals surface area contributed by atoms with Crippen LogP contribution in [0.15, 0.2) is 23.4 Å². The van der Waals surface area contributed by atoms with Gasteiger partial charge in [0.05, 0.1) is 65.9 Å². The smallest absolute Gasteiger partial charge is 0.275 e. The molecule has 1 fully saturated rings. The molecule has 11 nitrogen and oxygen atoms in total. The van der Waals surface area contributed by atoms with Crippen molar-refractivity contribution >= 4 is 34.4 Å². The van der Waals surface area contributed by atoms with Crippen LogP contribution in [0, 0.1) is 6.92 Å². The minimum Gasteiger partial charge on any atom is -0.379 e. The van der Waals surface area contributed by atoms with E-state index in [0.717, 1.165) is 0 Å². The summed E-state index contributed by atoms with van der Waals surface area (Å²) in [5.74, 6) is 0.683. The predicted molar refractivity (Wildman–Crippen MR) is 119 cm³/mol. The van der Waals surface area contributed by atoms with E-state index in [4.69, 9.17) is 16.3 Å². The number of aryl methyl sites for hydroxylation is 1. The molecule has 170 valence electrons. The van der Waals surface area contributed by atoms with Crippen molar-refractivity contribution in [3.63, 3.8) is 0 Å². The average molecular weight is 461 g/mol. The molecule has 12 heteroatoms. The van der Waals surface area contributed by atoms with Gasteiger partial charge in [-0.25, -0.2) is 15.1 Å². The summed E-state index contributed by atoms with van der Waals surface area (Å²) in [6.07, 6.45) is 5.04. The molecule has 0 aliphatic carbocycles. The number of carbonyl (C=O) groups excluding carboxylic acids is 1. The third-order valence-electron chi connectivity index (χ3n) is 5.46. The molecule has 32 heavy (non-hydrogen) atoms. The number of rotatable bonds is 7. The second-order valence-electron chi connectivity index (χ2n) is 7.73. The number of nitrogens with zero attached hydrogens (tertiary/aromatic N) is 7. The van der Waals surface area contributed by atoms with Crippen LogP contribution < -0.4 is 10.5 Å². The number of amides is 1. The minimum absolute atomic E-state index is 0.0606. The number of anilines is 1. The molecule has 4 heterocycles. The lowest BCUT2D eigenvalue weighted by atomic mass is 10.3. The highest BCUT2D eigenvalue weighted by atomic mass is 35.5. The first-order valence-corrected chi connectivity index (χ1v) is 10.8. The molecule has 1 aliphatic heterocycles. The van der Waals surface area contributed by atoms with Crippen molar-refractivity contribution in [2.24, 2.45) is 0 Å². The lowest BCUT2D eigenvalue weighted by molar-refractivity contribution is -0.132. The van der Waals surface area contributed by atoms with E-state index in [9.17, 15) is 9.59 Å². The summed E-state index contributed by atoms with van der Waals surface area (Å²) in [4.78, 5) is 36.8. The standard InChI is InChI=1S/C20H25ClN8O3/c1-13(29-16-11-24-25-19(31)18(16)14(2)26-29)12-32-8-3-17(30)27-4-6-28(7-5-27)20-22-9-15(21)10-23-20/h9-11,13H,3-8,12H2,1-2H3,(H,25,31). The molecular formula is C20H25ClN8O3. The first-order valence-electron chi connectivity index (χ1n) is 10.4. The molecule has 0 radical (unpaired) electrons. The Hall–Kier alpha value is -3.05. The molecule has 0 saturated carbocycles. The monoisotopic (exact) mass is 460 g/mol. The summed E-state index contributed by atoms with van der Waals surface area (Å²) in [5, 5.41) is 11.8. The van der Waals surface area contributed by atoms with Crippen LogP contribution in [0.1, 0.15) is 25.1 Å². The molecule has 1 N–H and O–H groups in total. The molecule has 0 aromatic carbocycles. The first-order chi connectivity index (χ1) is 15.4. The number of aromatic amines is 1. The Bertz CT molecular complexity index is 1140. The number of piperazine rings is 1. The van der Waals surface area contributed by atoms with Crippen molar-refractivity contribution in [1.29, 1.82) is 0 Å². The van der Waals surface area contributed by atoms with Gasteiger partial charge in [-0.15, -0.1) is 0 Å². The van der Waals surface area contributed by atoms with E-state index in [1.807, 2.05) is 16.7 Å². The zero-order valence-electron chi connectivity index (χ0n) is 18.0. The summed E-state index contributed by atoms with van der Waals surface area (Å²) in [5.41, 5.74) is 1.06. The lowest BCUT2D eigenvalue weighted by Crippen LogP contribution is -2.49. The number of hydrogen-bond donors (Lipinski definition) is 1. The molecule has 0 bridgehead atoms. The maximum absolute atomic E-state index is 12.5. The fraction of sp³-hybridized carbons (Fsp3) is 0.500. The number of nitrogens with one attached hydrogen (secondary N) is 1. The highest BCUT2D eigenvalue weighted by molar-refractivity contribution is 6.30. The van der Waals surface area contributed by atoms with Gasteiger partial charge in [0.15, 0.2) is 0 Å². The van der Waals surface area contributed by atoms with E-state index in [1.54, 1.807) is 30.2 Å². The van der Waals surface area contributed by atoms with Gasteiger partial charge in [0.25, 0.3) is 5.56 Å². The number of fused-ring (bicyclic) bond motifs is 1. The van der Waals surface area contributed by atoms with Crippen LogP contribution in [-0.2, 0) is 9.53 Å². The van der Waals surface area contributed by atoms with E-state index in [2.05, 4.69) is 25.3 Å². The quantitative estimate of drug-likeness (QED) is 0.521. The SMILES string of the molecule is Cc1nn(C(C)COCCC(=O)N2CCN(c3ncc(Cl)cn3)CC2)c2cn[nH]c(=O)c12. The van der Waals surface area contributed by atoms with E-state index in [-0.39, 0.29) is 17.5 Å². The van der Waals surface area contributed by atoms with Gasteiger partial charge >= 0.3 is 0 Å². The normalized spacial score (nSPS) is 15.3. The molecule has 1 aliphatic rings. The molecule has 1 unspecified atom stereocenters. The molecule has 3 aromatic heterocycles. The summed E-state index contributed by atoms with van der Waals surface area (Å²) in [6, 6.07) is -0.104. The zero-order valence-corrected chi connectivity index (χ0v) is 18.7. The number of H-pyrrole nitrogens is 1. The molecule has 1 saturated heterocycles. The molecule has 0 spiro atoms. The molecule has 3 aromatic rings. The Morgan fingerprint density at radius 1 is 1.22 bits per heavy atom. The van der Waals surface area contributed by atoms with Gasteiger partial charge < -0.3 is 14.5 Å². The average Bonchev–Trinajstić information content (AvgIpc) is 3.15. The van der Waals surface area contributed by atoms with Crippen LogP contribution in [-0.4, -0.2) is 80.1 Å². The fourth-order valence-electron chi connectivity index (χ4n) is 3.78. The Morgan fingerprint density at radius 2 is 1.94 bits per heavy atom. The first kappa shape index (κ1) is 22.2. The zero-order chi connectivity index (χ0) is 22.7. The van der Waals surface area contributed by atoms with Crippen LogP contribution in [0.25, 0.3) is 10.9 Å². The number of aromatic nitrogens is 6. The van der Waals surface area contributed by atoms with Crippen LogP contribution in [0.4, 0.5) is 5.95 Å². The molecular weight excluding hydrogens is 436 g/mol. The Kier molecular flexibility index (Phi) is 6.66. The van der Waals surface area contributed by atoms with Gasteiger partial charge in [0, 0.05) is 26.2 Å². The number of hydrogen-bond acceptors (Lipinski definition) is 8. The summed E-state index contributed by atoms with van der Waals surface area (Å²) < 4.78 is 7.49. The van der Waals surface area contributed by atoms with Crippen molar-refractivity contribution in [2.45, 2.75) is 26.3 Å². The van der Waals surface area contributed by atoms with Gasteiger partial charge in [-0.2, -0.15) is 10.2 Å². The van der Waals surface area contributed by atoms with Crippen LogP contribution in [0.2, 0.25) is 5.02 Å². The van der Waals surface area contributed by atoms with Crippen molar-refractivity contribution in [3.8, 4) is 0 Å². The maximum Gasteiger partial charge on any atom is 0.275 e. The molecule has 1 atom stereocenters. The Balaban J connectivity index is 1.22. The van der Waals surface area contributed by atoms with Gasteiger partial charge in [0.2, 0.25) is 11.9 Å². The summed E-state index contributed by atoms with van der Waals surface area (Å²) in [6.45, 7) is 7.00. The van der Waals surface area contributed by atoms with Crippen molar-refractivity contribution in [2.75, 3.05) is 44.3 Å². The third-order valence-corrected chi connectivity index (χ3v) is 5.66. The van der Waals surface area contributed by atoms with E-state index in [0.29, 0.717) is 73.4 Å². The van der Waals surface area contributed by atoms with Crippen molar-refractivity contribution in [1.82, 2.24) is 34.8 Å². The van der Waals surface area contributed by atoms with Gasteiger partial charge in [-0.05, 0) is 13.8 Å². The molecule has 4 rings (SSSR count). The number of ether oxygens (including phenoxy) is 1. The minimum atomic E-state index is -0.257. The van der Waals surface area contributed by atoms with Crippen molar-refractivity contribution in [3.05, 3.63) is 39.7 Å². The van der Waals surface area contributed by atoms with E-state index < -0.39 is 0 Å². The number of carbonyl (C=O) groups is 1. The molecule has 1 amide bonds. The van der Waals surface area contributed by atoms with E-state index >= 15 is 0 Å². The Morgan fingerprint density at radius 3 is 2.66 bits per heavy atom. The Labute approximate surface area is 189 Å². The second kappa shape index (κ2) is 9.61. The van der Waals surface area contributed by atoms with Crippen LogP contribution >= 0.6 is 11.6 Å². The van der Waals surface area contributed by atoms with Crippen molar-refractivity contribution < 1.29 is 9.53 Å². The maximum atomic E-state index is 12.5. The van der Waals surface area contributed by atoms with Crippen LogP contribution in [0.3, 0.4) is 0 Å². The van der Waals surface area contributed by atoms with Gasteiger partial charge in [-0.3, -0.25) is 14.3 Å². The number of halogens is 1. The highest BCUT2D eigenvalue weighted by Gasteiger charge is 2.22. The fourth-order valence-corrected chi connectivity index (χ4v) is 3.88.